The summed E-state index contributed by atoms with van der Waals surface area (Å²) in [6.45, 7) is 1.07. The maximum atomic E-state index is 13.3. The van der Waals surface area contributed by atoms with Crippen molar-refractivity contribution < 1.29 is 19.3 Å². The number of likely N-dealkylation sites (N-methyl/N-ethyl adjacent to an activating group) is 1. The minimum atomic E-state index is -1.44. The first-order valence-electron chi connectivity index (χ1n) is 11.0. The van der Waals surface area contributed by atoms with Crippen molar-refractivity contribution in [2.24, 2.45) is 0 Å². The third-order valence-electron chi connectivity index (χ3n) is 6.24. The van der Waals surface area contributed by atoms with Gasteiger partial charge in [-0.25, -0.2) is 4.79 Å². The maximum absolute atomic E-state index is 13.3. The summed E-state index contributed by atoms with van der Waals surface area (Å²) in [7, 11) is 1.64. The van der Waals surface area contributed by atoms with Gasteiger partial charge in [-0.3, -0.25) is 24.6 Å². The highest BCUT2D eigenvalue weighted by Crippen LogP contribution is 2.31. The normalized spacial score (nSPS) is 17.4. The van der Waals surface area contributed by atoms with E-state index in [4.69, 9.17) is 0 Å². The van der Waals surface area contributed by atoms with E-state index in [1.165, 1.54) is 36.1 Å². The van der Waals surface area contributed by atoms with Crippen LogP contribution in [0.5, 0.6) is 0 Å². The fraction of sp³-hybridized carbons (Fsp3) is 0.192. The van der Waals surface area contributed by atoms with Crippen LogP contribution in [0.4, 0.5) is 10.5 Å². The van der Waals surface area contributed by atoms with Gasteiger partial charge in [0.25, 0.3) is 11.6 Å². The van der Waals surface area contributed by atoms with Crippen molar-refractivity contribution in [3.8, 4) is 0 Å². The van der Waals surface area contributed by atoms with Crippen LogP contribution in [-0.2, 0) is 15.1 Å². The number of hydrogen-bond acceptors (Lipinski definition) is 5. The second-order valence-electron chi connectivity index (χ2n) is 8.48. The molecule has 1 aliphatic heterocycles. The van der Waals surface area contributed by atoms with Crippen LogP contribution in [-0.4, -0.2) is 46.2 Å². The molecule has 0 saturated carbocycles. The first kappa shape index (κ1) is 23.6. The van der Waals surface area contributed by atoms with Crippen molar-refractivity contribution >= 4 is 23.5 Å². The maximum Gasteiger partial charge on any atom is 0.325 e. The molecule has 0 radical (unpaired) electrons. The zero-order valence-electron chi connectivity index (χ0n) is 19.3. The van der Waals surface area contributed by atoms with Gasteiger partial charge in [-0.2, -0.15) is 0 Å². The van der Waals surface area contributed by atoms with E-state index in [0.29, 0.717) is 5.56 Å². The van der Waals surface area contributed by atoms with Crippen molar-refractivity contribution in [1.82, 2.24) is 15.1 Å². The van der Waals surface area contributed by atoms with E-state index < -0.39 is 40.9 Å². The molecule has 3 aromatic rings. The van der Waals surface area contributed by atoms with Crippen molar-refractivity contribution in [3.63, 3.8) is 0 Å². The van der Waals surface area contributed by atoms with Gasteiger partial charge in [0.05, 0.1) is 11.0 Å². The van der Waals surface area contributed by atoms with Gasteiger partial charge in [-0.1, -0.05) is 60.7 Å². The van der Waals surface area contributed by atoms with Crippen molar-refractivity contribution in [3.05, 3.63) is 112 Å². The summed E-state index contributed by atoms with van der Waals surface area (Å²) in [5.74, 6) is -1.02. The number of hydrogen-bond donors (Lipinski definition) is 1. The zero-order chi connectivity index (χ0) is 25.2. The van der Waals surface area contributed by atoms with Gasteiger partial charge in [-0.05, 0) is 35.7 Å². The molecular weight excluding hydrogens is 448 g/mol. The predicted octanol–water partition coefficient (Wildman–Crippen LogP) is 3.61. The van der Waals surface area contributed by atoms with Gasteiger partial charge in [0.2, 0.25) is 5.91 Å². The lowest BCUT2D eigenvalue weighted by Gasteiger charge is -2.30. The summed E-state index contributed by atoms with van der Waals surface area (Å²) in [6, 6.07) is 23.3. The molecule has 0 spiro atoms. The number of nitrogens with zero attached hydrogens (tertiary/aromatic N) is 3. The Kier molecular flexibility index (Phi) is 6.33. The van der Waals surface area contributed by atoms with E-state index in [1.807, 2.05) is 60.7 Å². The smallest absolute Gasteiger partial charge is 0.325 e. The first-order valence-corrected chi connectivity index (χ1v) is 11.0. The van der Waals surface area contributed by atoms with Gasteiger partial charge in [0.15, 0.2) is 0 Å². The highest BCUT2D eigenvalue weighted by molar-refractivity contribution is 6.09. The van der Waals surface area contributed by atoms with E-state index in [2.05, 4.69) is 5.32 Å². The van der Waals surface area contributed by atoms with Crippen molar-refractivity contribution in [2.75, 3.05) is 13.6 Å². The summed E-state index contributed by atoms with van der Waals surface area (Å²) in [5, 5.41) is 13.6. The number of urea groups is 1. The Morgan fingerprint density at radius 1 is 0.971 bits per heavy atom. The number of nitrogens with one attached hydrogen (secondary N) is 1. The molecule has 4 amide bonds. The molecule has 1 atom stereocenters. The average molecular weight is 473 g/mol. The van der Waals surface area contributed by atoms with Gasteiger partial charge < -0.3 is 10.2 Å². The van der Waals surface area contributed by atoms with Crippen LogP contribution in [0.15, 0.2) is 84.9 Å². The molecule has 1 saturated heterocycles. The number of nitro benzene ring substituents is 1. The average Bonchev–Trinajstić information content (AvgIpc) is 3.09. The minimum absolute atomic E-state index is 0.129. The van der Waals surface area contributed by atoms with Crippen LogP contribution >= 0.6 is 0 Å². The molecular formula is C26H24N4O5. The number of carbonyl (C=O) groups is 3. The third kappa shape index (κ3) is 4.48. The van der Waals surface area contributed by atoms with Gasteiger partial charge >= 0.3 is 6.03 Å². The molecule has 0 unspecified atom stereocenters. The molecule has 178 valence electrons. The second kappa shape index (κ2) is 9.38. The standard InChI is InChI=1S/C26H24N4O5/c1-26(20-13-15-21(16-14-20)30(34)35)24(32)29(25(33)27-26)17-22(31)28(2)23(18-9-5-3-6-10-18)19-11-7-4-8-12-19/h3-16,23H,17H2,1-2H3,(H,27,33)/t26-/m1/s1. The molecule has 4 rings (SSSR count). The van der Waals surface area contributed by atoms with E-state index >= 15 is 0 Å². The second-order valence-corrected chi connectivity index (χ2v) is 8.48. The van der Waals surface area contributed by atoms with Crippen LogP contribution < -0.4 is 5.32 Å². The summed E-state index contributed by atoms with van der Waals surface area (Å²) in [5.41, 5.74) is 0.598. The van der Waals surface area contributed by atoms with Gasteiger partial charge in [0, 0.05) is 19.2 Å². The number of nitro groups is 1. The number of non-ortho nitro benzene ring substituents is 1. The highest BCUT2D eigenvalue weighted by Gasteiger charge is 2.50. The fourth-order valence-electron chi connectivity index (χ4n) is 4.25. The lowest BCUT2D eigenvalue weighted by Crippen LogP contribution is -2.44. The minimum Gasteiger partial charge on any atom is -0.333 e. The molecule has 0 aliphatic carbocycles. The molecule has 0 bridgehead atoms. The first-order chi connectivity index (χ1) is 16.7. The Bertz CT molecular complexity index is 1220. The van der Waals surface area contributed by atoms with E-state index in [1.54, 1.807) is 7.05 Å². The number of carbonyl (C=O) groups excluding carboxylic acids is 3. The Labute approximate surface area is 202 Å². The Morgan fingerprint density at radius 2 is 1.49 bits per heavy atom. The predicted molar refractivity (Wildman–Crippen MR) is 128 cm³/mol. The number of amides is 4. The molecule has 1 N–H and O–H groups in total. The summed E-state index contributed by atoms with van der Waals surface area (Å²) >= 11 is 0. The third-order valence-corrected chi connectivity index (χ3v) is 6.24. The molecule has 9 nitrogen and oxygen atoms in total. The van der Waals surface area contributed by atoms with Crippen LogP contribution in [0.2, 0.25) is 0 Å². The summed E-state index contributed by atoms with van der Waals surface area (Å²) < 4.78 is 0. The van der Waals surface area contributed by atoms with Crippen molar-refractivity contribution in [1.29, 1.82) is 0 Å². The fourth-order valence-corrected chi connectivity index (χ4v) is 4.25. The van der Waals surface area contributed by atoms with Crippen LogP contribution in [0.1, 0.15) is 29.7 Å². The van der Waals surface area contributed by atoms with E-state index in [0.717, 1.165) is 16.0 Å². The summed E-state index contributed by atoms with van der Waals surface area (Å²) in [4.78, 5) is 52.1. The Balaban J connectivity index is 1.57. The zero-order valence-corrected chi connectivity index (χ0v) is 19.3. The Hall–Kier alpha value is -4.53. The lowest BCUT2D eigenvalue weighted by molar-refractivity contribution is -0.384. The molecule has 1 aliphatic rings. The topological polar surface area (TPSA) is 113 Å². The molecule has 9 heteroatoms. The number of imide groups is 1. The highest BCUT2D eigenvalue weighted by atomic mass is 16.6. The van der Waals surface area contributed by atoms with Crippen LogP contribution in [0.25, 0.3) is 0 Å². The van der Waals surface area contributed by atoms with E-state index in [-0.39, 0.29) is 5.69 Å². The number of rotatable bonds is 7. The lowest BCUT2D eigenvalue weighted by atomic mass is 9.92. The van der Waals surface area contributed by atoms with Gasteiger partial charge in [0.1, 0.15) is 12.1 Å². The molecule has 35 heavy (non-hydrogen) atoms. The van der Waals surface area contributed by atoms with E-state index in [9.17, 15) is 24.5 Å². The molecule has 3 aromatic carbocycles. The van der Waals surface area contributed by atoms with Crippen LogP contribution in [0, 0.1) is 10.1 Å². The number of benzene rings is 3. The largest absolute Gasteiger partial charge is 0.333 e. The summed E-state index contributed by atoms with van der Waals surface area (Å²) in [6.07, 6.45) is 0. The van der Waals surface area contributed by atoms with Crippen molar-refractivity contribution in [2.45, 2.75) is 18.5 Å². The monoisotopic (exact) mass is 472 g/mol. The molecule has 1 heterocycles. The SMILES string of the molecule is CN(C(=O)CN1C(=O)N[C@](C)(c2ccc([N+](=O)[O-])cc2)C1=O)C(c1ccccc1)c1ccccc1. The van der Waals surface area contributed by atoms with Crippen LogP contribution in [0.3, 0.4) is 0 Å². The van der Waals surface area contributed by atoms with Gasteiger partial charge in [-0.15, -0.1) is 0 Å². The molecule has 1 fully saturated rings. The molecule has 0 aromatic heterocycles. The quantitative estimate of drug-likeness (QED) is 0.321. The Morgan fingerprint density at radius 3 is 1.97 bits per heavy atom.